The van der Waals surface area contributed by atoms with E-state index in [-0.39, 0.29) is 6.10 Å². The summed E-state index contributed by atoms with van der Waals surface area (Å²) in [7, 11) is 0. The second-order valence-corrected chi connectivity index (χ2v) is 3.21. The fraction of sp³-hybridized carbons (Fsp3) is 0.667. The standard InChI is InChI=1S/C6H9N3OS/c1-2-10-5(3-7-1)6-9-8-4-11-6/h4-5,7H,1-3H2. The van der Waals surface area contributed by atoms with Gasteiger partial charge in [0.15, 0.2) is 0 Å². The number of morpholine rings is 1. The Labute approximate surface area is 68.6 Å². The zero-order chi connectivity index (χ0) is 7.52. The number of nitrogens with zero attached hydrogens (tertiary/aromatic N) is 2. The van der Waals surface area contributed by atoms with Crippen LogP contribution in [0, 0.1) is 0 Å². The first-order chi connectivity index (χ1) is 5.47. The molecule has 1 fully saturated rings. The van der Waals surface area contributed by atoms with Gasteiger partial charge < -0.3 is 10.1 Å². The summed E-state index contributed by atoms with van der Waals surface area (Å²) in [6.07, 6.45) is 0.122. The molecule has 2 rings (SSSR count). The van der Waals surface area contributed by atoms with Crippen molar-refractivity contribution in [1.82, 2.24) is 15.5 Å². The third kappa shape index (κ3) is 1.55. The molecule has 0 bridgehead atoms. The highest BCUT2D eigenvalue weighted by Crippen LogP contribution is 2.18. The van der Waals surface area contributed by atoms with Gasteiger partial charge in [0.25, 0.3) is 0 Å². The third-order valence-electron chi connectivity index (χ3n) is 1.58. The molecule has 11 heavy (non-hydrogen) atoms. The van der Waals surface area contributed by atoms with Gasteiger partial charge in [0.05, 0.1) is 6.61 Å². The monoisotopic (exact) mass is 171 g/mol. The molecule has 1 atom stereocenters. The van der Waals surface area contributed by atoms with Crippen molar-refractivity contribution in [3.63, 3.8) is 0 Å². The van der Waals surface area contributed by atoms with Gasteiger partial charge in [0.2, 0.25) is 0 Å². The Morgan fingerprint density at radius 3 is 3.36 bits per heavy atom. The Hall–Kier alpha value is -0.520. The molecule has 1 aliphatic heterocycles. The molecule has 0 aromatic carbocycles. The average molecular weight is 171 g/mol. The molecule has 0 amide bonds. The van der Waals surface area contributed by atoms with Gasteiger partial charge in [-0.2, -0.15) is 0 Å². The molecule has 1 aromatic rings. The smallest absolute Gasteiger partial charge is 0.147 e. The summed E-state index contributed by atoms with van der Waals surface area (Å²) in [6, 6.07) is 0. The average Bonchev–Trinajstić information content (AvgIpc) is 2.58. The van der Waals surface area contributed by atoms with Crippen LogP contribution in [0.5, 0.6) is 0 Å². The number of hydrogen-bond acceptors (Lipinski definition) is 5. The predicted octanol–water partition coefficient (Wildman–Crippen LogP) is 0.199. The molecule has 2 heterocycles. The Morgan fingerprint density at radius 2 is 2.73 bits per heavy atom. The predicted molar refractivity (Wildman–Crippen MR) is 41.5 cm³/mol. The molecular weight excluding hydrogens is 162 g/mol. The van der Waals surface area contributed by atoms with Crippen LogP contribution < -0.4 is 5.32 Å². The Kier molecular flexibility index (Phi) is 2.11. The normalized spacial score (nSPS) is 25.3. The quantitative estimate of drug-likeness (QED) is 0.655. The molecule has 1 unspecified atom stereocenters. The molecule has 4 nitrogen and oxygen atoms in total. The maximum atomic E-state index is 5.47. The first kappa shape index (κ1) is 7.15. The summed E-state index contributed by atoms with van der Waals surface area (Å²) in [5.41, 5.74) is 1.73. The van der Waals surface area contributed by atoms with Gasteiger partial charge in [-0.05, 0) is 0 Å². The highest BCUT2D eigenvalue weighted by atomic mass is 32.1. The van der Waals surface area contributed by atoms with E-state index < -0.39 is 0 Å². The Bertz CT molecular complexity index is 208. The molecule has 0 radical (unpaired) electrons. The topological polar surface area (TPSA) is 47.0 Å². The molecular formula is C6H9N3OS. The van der Waals surface area contributed by atoms with Crippen LogP contribution in [0.3, 0.4) is 0 Å². The lowest BCUT2D eigenvalue weighted by Crippen LogP contribution is -2.33. The second-order valence-electron chi connectivity index (χ2n) is 2.34. The van der Waals surface area contributed by atoms with Crippen LogP contribution in [0.15, 0.2) is 5.51 Å². The van der Waals surface area contributed by atoms with Gasteiger partial charge in [0.1, 0.15) is 16.6 Å². The van der Waals surface area contributed by atoms with Crippen molar-refractivity contribution in [2.45, 2.75) is 6.10 Å². The lowest BCUT2D eigenvalue weighted by atomic mass is 10.3. The van der Waals surface area contributed by atoms with Crippen molar-refractivity contribution in [3.8, 4) is 0 Å². The summed E-state index contributed by atoms with van der Waals surface area (Å²) >= 11 is 1.54. The maximum Gasteiger partial charge on any atom is 0.147 e. The van der Waals surface area contributed by atoms with Crippen molar-refractivity contribution in [1.29, 1.82) is 0 Å². The third-order valence-corrected chi connectivity index (χ3v) is 2.37. The summed E-state index contributed by atoms with van der Waals surface area (Å²) in [4.78, 5) is 0. The minimum absolute atomic E-state index is 0.122. The molecule has 0 aliphatic carbocycles. The lowest BCUT2D eigenvalue weighted by Gasteiger charge is -2.20. The summed E-state index contributed by atoms with van der Waals surface area (Å²) < 4.78 is 5.47. The zero-order valence-electron chi connectivity index (χ0n) is 5.99. The first-order valence-corrected chi connectivity index (χ1v) is 4.43. The van der Waals surface area contributed by atoms with Gasteiger partial charge in [-0.25, -0.2) is 0 Å². The summed E-state index contributed by atoms with van der Waals surface area (Å²) in [6.45, 7) is 2.56. The van der Waals surface area contributed by atoms with E-state index in [9.17, 15) is 0 Å². The van der Waals surface area contributed by atoms with Crippen LogP contribution >= 0.6 is 11.3 Å². The van der Waals surface area contributed by atoms with E-state index in [4.69, 9.17) is 4.74 Å². The van der Waals surface area contributed by atoms with Crippen molar-refractivity contribution in [2.24, 2.45) is 0 Å². The fourth-order valence-electron chi connectivity index (χ4n) is 1.05. The number of rotatable bonds is 1. The highest BCUT2D eigenvalue weighted by molar-refractivity contribution is 7.09. The van der Waals surface area contributed by atoms with Crippen molar-refractivity contribution >= 4 is 11.3 Å². The van der Waals surface area contributed by atoms with E-state index >= 15 is 0 Å². The number of nitrogens with one attached hydrogen (secondary N) is 1. The first-order valence-electron chi connectivity index (χ1n) is 3.55. The van der Waals surface area contributed by atoms with Gasteiger partial charge in [-0.15, -0.1) is 21.5 Å². The van der Waals surface area contributed by atoms with E-state index in [1.165, 1.54) is 0 Å². The van der Waals surface area contributed by atoms with Crippen LogP contribution in [-0.4, -0.2) is 29.9 Å². The summed E-state index contributed by atoms with van der Waals surface area (Å²) in [5.74, 6) is 0. The van der Waals surface area contributed by atoms with Gasteiger partial charge in [-0.1, -0.05) is 0 Å². The number of hydrogen-bond donors (Lipinski definition) is 1. The van der Waals surface area contributed by atoms with Crippen LogP contribution in [0.25, 0.3) is 0 Å². The van der Waals surface area contributed by atoms with Crippen LogP contribution in [-0.2, 0) is 4.74 Å². The molecule has 1 aromatic heterocycles. The number of ether oxygens (including phenoxy) is 1. The number of aromatic nitrogens is 2. The van der Waals surface area contributed by atoms with Gasteiger partial charge in [-0.3, -0.25) is 0 Å². The Balaban J connectivity index is 2.04. The van der Waals surface area contributed by atoms with E-state index in [2.05, 4.69) is 15.5 Å². The minimum Gasteiger partial charge on any atom is -0.368 e. The van der Waals surface area contributed by atoms with E-state index in [1.807, 2.05) is 0 Å². The fourth-order valence-corrected chi connectivity index (χ4v) is 1.65. The van der Waals surface area contributed by atoms with E-state index in [0.717, 1.165) is 24.7 Å². The largest absolute Gasteiger partial charge is 0.368 e. The highest BCUT2D eigenvalue weighted by Gasteiger charge is 2.17. The SMILES string of the molecule is c1nnc(C2CNCCO2)s1. The van der Waals surface area contributed by atoms with E-state index in [1.54, 1.807) is 16.8 Å². The van der Waals surface area contributed by atoms with Crippen molar-refractivity contribution < 1.29 is 4.74 Å². The molecule has 1 aliphatic rings. The maximum absolute atomic E-state index is 5.47. The van der Waals surface area contributed by atoms with Crippen molar-refractivity contribution in [2.75, 3.05) is 19.7 Å². The molecule has 60 valence electrons. The molecule has 1 N–H and O–H groups in total. The van der Waals surface area contributed by atoms with E-state index in [0.29, 0.717) is 0 Å². The summed E-state index contributed by atoms with van der Waals surface area (Å²) in [5, 5.41) is 11.9. The zero-order valence-corrected chi connectivity index (χ0v) is 6.80. The lowest BCUT2D eigenvalue weighted by molar-refractivity contribution is 0.0272. The van der Waals surface area contributed by atoms with Crippen LogP contribution in [0.1, 0.15) is 11.1 Å². The van der Waals surface area contributed by atoms with Crippen LogP contribution in [0.4, 0.5) is 0 Å². The van der Waals surface area contributed by atoms with Gasteiger partial charge >= 0.3 is 0 Å². The van der Waals surface area contributed by atoms with Gasteiger partial charge in [0, 0.05) is 13.1 Å². The minimum atomic E-state index is 0.122. The molecule has 5 heteroatoms. The van der Waals surface area contributed by atoms with Crippen molar-refractivity contribution in [3.05, 3.63) is 10.5 Å². The second kappa shape index (κ2) is 3.25. The molecule has 0 saturated carbocycles. The Morgan fingerprint density at radius 1 is 1.73 bits per heavy atom. The van der Waals surface area contributed by atoms with Crippen LogP contribution in [0.2, 0.25) is 0 Å². The molecule has 1 saturated heterocycles. The molecule has 0 spiro atoms.